The summed E-state index contributed by atoms with van der Waals surface area (Å²) in [5.74, 6) is 0.519. The highest BCUT2D eigenvalue weighted by atomic mass is 79.9. The molecule has 4 nitrogen and oxygen atoms in total. The number of hydrogen-bond acceptors (Lipinski definition) is 4. The lowest BCUT2D eigenvalue weighted by Crippen LogP contribution is -2.23. The SMILES string of the molecule is O=c1c(=Cc2ccc(Br)cc2)sc2nc(-c3ccc(Cl)cc3)nn12. The molecule has 4 rings (SSSR count). The van der Waals surface area contributed by atoms with Gasteiger partial charge in [-0.05, 0) is 48.0 Å². The highest BCUT2D eigenvalue weighted by Gasteiger charge is 2.11. The van der Waals surface area contributed by atoms with Crippen molar-refractivity contribution >= 4 is 49.9 Å². The van der Waals surface area contributed by atoms with Crippen LogP contribution < -0.4 is 10.1 Å². The molecule has 0 N–H and O–H groups in total. The fraction of sp³-hybridized carbons (Fsp3) is 0. The van der Waals surface area contributed by atoms with Crippen LogP contribution in [0, 0.1) is 0 Å². The largest absolute Gasteiger partial charge is 0.291 e. The van der Waals surface area contributed by atoms with Gasteiger partial charge in [-0.15, -0.1) is 5.10 Å². The number of thiazole rings is 1. The second-order valence-corrected chi connectivity index (χ2v) is 7.47. The van der Waals surface area contributed by atoms with Gasteiger partial charge in [0, 0.05) is 15.1 Å². The van der Waals surface area contributed by atoms with Gasteiger partial charge in [-0.25, -0.2) is 0 Å². The molecule has 2 aromatic carbocycles. The Bertz CT molecular complexity index is 1130. The summed E-state index contributed by atoms with van der Waals surface area (Å²) in [6, 6.07) is 15.0. The molecule has 2 heterocycles. The third kappa shape index (κ3) is 2.88. The van der Waals surface area contributed by atoms with Gasteiger partial charge in [-0.2, -0.15) is 9.50 Å². The molecular weight excluding hydrogens is 410 g/mol. The van der Waals surface area contributed by atoms with Crippen LogP contribution in [0.4, 0.5) is 0 Å². The lowest BCUT2D eigenvalue weighted by Gasteiger charge is -1.94. The molecule has 0 radical (unpaired) electrons. The van der Waals surface area contributed by atoms with Gasteiger partial charge in [-0.3, -0.25) is 4.79 Å². The number of rotatable bonds is 2. The van der Waals surface area contributed by atoms with Gasteiger partial charge in [-0.1, -0.05) is 51.0 Å². The summed E-state index contributed by atoms with van der Waals surface area (Å²) in [5.41, 5.74) is 1.62. The zero-order valence-electron chi connectivity index (χ0n) is 12.1. The summed E-state index contributed by atoms with van der Waals surface area (Å²) >= 11 is 10.6. The van der Waals surface area contributed by atoms with E-state index in [2.05, 4.69) is 26.0 Å². The van der Waals surface area contributed by atoms with E-state index in [0.717, 1.165) is 15.6 Å². The van der Waals surface area contributed by atoms with Crippen LogP contribution in [-0.2, 0) is 0 Å². The first-order valence-electron chi connectivity index (χ1n) is 7.03. The molecule has 0 aliphatic rings. The standard InChI is InChI=1S/C17H9BrClN3OS/c18-12-5-1-10(2-6-12)9-14-16(23)22-17(24-14)20-15(21-22)11-3-7-13(19)8-4-11/h1-9H. The average molecular weight is 419 g/mol. The predicted molar refractivity (Wildman–Crippen MR) is 101 cm³/mol. The Balaban J connectivity index is 1.79. The number of benzene rings is 2. The lowest BCUT2D eigenvalue weighted by atomic mass is 10.2. The molecular formula is C17H9BrClN3OS. The van der Waals surface area contributed by atoms with E-state index in [1.165, 1.54) is 15.9 Å². The maximum Gasteiger partial charge on any atom is 0.291 e. The predicted octanol–water partition coefficient (Wildman–Crippen LogP) is 3.78. The lowest BCUT2D eigenvalue weighted by molar-refractivity contribution is 0.937. The van der Waals surface area contributed by atoms with Crippen molar-refractivity contribution in [3.8, 4) is 11.4 Å². The van der Waals surface area contributed by atoms with E-state index >= 15 is 0 Å². The fourth-order valence-corrected chi connectivity index (χ4v) is 3.56. The van der Waals surface area contributed by atoms with Crippen molar-refractivity contribution in [3.05, 3.63) is 78.5 Å². The Morgan fingerprint density at radius 2 is 1.79 bits per heavy atom. The number of hydrogen-bond donors (Lipinski definition) is 0. The minimum absolute atomic E-state index is 0.161. The summed E-state index contributed by atoms with van der Waals surface area (Å²) < 4.78 is 2.95. The third-order valence-electron chi connectivity index (χ3n) is 3.45. The molecule has 0 aliphatic carbocycles. The average Bonchev–Trinajstić information content (AvgIpc) is 3.11. The van der Waals surface area contributed by atoms with Crippen LogP contribution in [0.25, 0.3) is 22.4 Å². The third-order valence-corrected chi connectivity index (χ3v) is 5.19. The molecule has 4 aromatic rings. The number of halogens is 2. The summed E-state index contributed by atoms with van der Waals surface area (Å²) in [5, 5.41) is 4.97. The van der Waals surface area contributed by atoms with Crippen LogP contribution >= 0.6 is 38.9 Å². The van der Waals surface area contributed by atoms with Crippen molar-refractivity contribution in [1.82, 2.24) is 14.6 Å². The first-order chi connectivity index (χ1) is 11.6. The summed E-state index contributed by atoms with van der Waals surface area (Å²) in [6.07, 6.45) is 1.85. The smallest absolute Gasteiger partial charge is 0.266 e. The monoisotopic (exact) mass is 417 g/mol. The minimum atomic E-state index is -0.161. The van der Waals surface area contributed by atoms with Crippen molar-refractivity contribution in [2.75, 3.05) is 0 Å². The zero-order chi connectivity index (χ0) is 16.7. The first kappa shape index (κ1) is 15.5. The molecule has 118 valence electrons. The molecule has 2 aromatic heterocycles. The zero-order valence-corrected chi connectivity index (χ0v) is 15.3. The summed E-state index contributed by atoms with van der Waals surface area (Å²) in [6.45, 7) is 0. The molecule has 0 fully saturated rings. The molecule has 0 spiro atoms. The van der Waals surface area contributed by atoms with Gasteiger partial charge in [0.2, 0.25) is 4.96 Å². The normalized spacial score (nSPS) is 12.2. The van der Waals surface area contributed by atoms with Gasteiger partial charge in [0.25, 0.3) is 5.56 Å². The van der Waals surface area contributed by atoms with Crippen molar-refractivity contribution in [2.45, 2.75) is 0 Å². The van der Waals surface area contributed by atoms with Crippen LogP contribution in [0.2, 0.25) is 5.02 Å². The quantitative estimate of drug-likeness (QED) is 0.498. The van der Waals surface area contributed by atoms with E-state index in [4.69, 9.17) is 11.6 Å². The maximum absolute atomic E-state index is 12.5. The van der Waals surface area contributed by atoms with E-state index in [0.29, 0.717) is 20.3 Å². The van der Waals surface area contributed by atoms with E-state index < -0.39 is 0 Å². The van der Waals surface area contributed by atoms with Crippen LogP contribution in [0.5, 0.6) is 0 Å². The summed E-state index contributed by atoms with van der Waals surface area (Å²) in [4.78, 5) is 17.5. The molecule has 0 bridgehead atoms. The Labute approximate surface area is 154 Å². The molecule has 0 atom stereocenters. The van der Waals surface area contributed by atoms with Crippen LogP contribution in [0.15, 0.2) is 57.8 Å². The molecule has 0 amide bonds. The second kappa shape index (κ2) is 6.12. The number of nitrogens with zero attached hydrogens (tertiary/aromatic N) is 3. The molecule has 0 saturated carbocycles. The Kier molecular flexibility index (Phi) is 3.96. The first-order valence-corrected chi connectivity index (χ1v) is 9.02. The van der Waals surface area contributed by atoms with Gasteiger partial charge in [0.05, 0.1) is 4.53 Å². The van der Waals surface area contributed by atoms with Crippen LogP contribution in [0.3, 0.4) is 0 Å². The highest BCUT2D eigenvalue weighted by Crippen LogP contribution is 2.19. The van der Waals surface area contributed by atoms with Gasteiger partial charge >= 0.3 is 0 Å². The molecule has 24 heavy (non-hydrogen) atoms. The van der Waals surface area contributed by atoms with E-state index in [9.17, 15) is 4.79 Å². The Morgan fingerprint density at radius 3 is 2.46 bits per heavy atom. The van der Waals surface area contributed by atoms with Crippen molar-refractivity contribution < 1.29 is 0 Å². The van der Waals surface area contributed by atoms with E-state index in [1.807, 2.05) is 42.5 Å². The van der Waals surface area contributed by atoms with Crippen molar-refractivity contribution in [3.63, 3.8) is 0 Å². The topological polar surface area (TPSA) is 47.3 Å². The number of fused-ring (bicyclic) bond motifs is 1. The minimum Gasteiger partial charge on any atom is -0.266 e. The molecule has 7 heteroatoms. The van der Waals surface area contributed by atoms with Gasteiger partial charge in [0.15, 0.2) is 5.82 Å². The Hall–Kier alpha value is -2.02. The van der Waals surface area contributed by atoms with Gasteiger partial charge < -0.3 is 0 Å². The van der Waals surface area contributed by atoms with E-state index in [-0.39, 0.29) is 5.56 Å². The van der Waals surface area contributed by atoms with Crippen molar-refractivity contribution in [2.24, 2.45) is 0 Å². The summed E-state index contributed by atoms with van der Waals surface area (Å²) in [7, 11) is 0. The van der Waals surface area contributed by atoms with E-state index in [1.54, 1.807) is 12.1 Å². The second-order valence-electron chi connectivity index (χ2n) is 5.10. The van der Waals surface area contributed by atoms with Crippen LogP contribution in [-0.4, -0.2) is 14.6 Å². The maximum atomic E-state index is 12.5. The Morgan fingerprint density at radius 1 is 1.08 bits per heavy atom. The van der Waals surface area contributed by atoms with Crippen molar-refractivity contribution in [1.29, 1.82) is 0 Å². The molecule has 0 unspecified atom stereocenters. The fourth-order valence-electron chi connectivity index (χ4n) is 2.27. The number of aromatic nitrogens is 3. The van der Waals surface area contributed by atoms with Crippen LogP contribution in [0.1, 0.15) is 5.56 Å². The molecule has 0 saturated heterocycles. The molecule has 0 aliphatic heterocycles. The van der Waals surface area contributed by atoms with Gasteiger partial charge in [0.1, 0.15) is 0 Å². The highest BCUT2D eigenvalue weighted by molar-refractivity contribution is 9.10.